The van der Waals surface area contributed by atoms with Crippen molar-refractivity contribution in [2.45, 2.75) is 13.5 Å². The van der Waals surface area contributed by atoms with E-state index >= 15 is 0 Å². The Balaban J connectivity index is 2.12. The molecule has 0 amide bonds. The summed E-state index contributed by atoms with van der Waals surface area (Å²) in [6.45, 7) is 2.11. The summed E-state index contributed by atoms with van der Waals surface area (Å²) in [6, 6.07) is 3.73. The van der Waals surface area contributed by atoms with E-state index in [4.69, 9.17) is 5.84 Å². The van der Waals surface area contributed by atoms with Crippen LogP contribution >= 0.6 is 0 Å². The van der Waals surface area contributed by atoms with Crippen LogP contribution in [0.3, 0.4) is 0 Å². The molecule has 0 aliphatic heterocycles. The first kappa shape index (κ1) is 13.2. The first-order chi connectivity index (χ1) is 9.11. The Morgan fingerprint density at radius 2 is 1.89 bits per heavy atom. The van der Waals surface area contributed by atoms with Crippen molar-refractivity contribution >= 4 is 11.6 Å². The van der Waals surface area contributed by atoms with E-state index in [1.807, 2.05) is 0 Å². The van der Waals surface area contributed by atoms with Crippen molar-refractivity contribution in [3.05, 3.63) is 47.3 Å². The molecule has 0 bridgehead atoms. The van der Waals surface area contributed by atoms with E-state index in [0.717, 1.165) is 17.7 Å². The van der Waals surface area contributed by atoms with Gasteiger partial charge in [0.05, 0.1) is 0 Å². The van der Waals surface area contributed by atoms with Crippen LogP contribution in [0.5, 0.6) is 0 Å². The van der Waals surface area contributed by atoms with Gasteiger partial charge in [-0.1, -0.05) is 6.07 Å². The predicted molar refractivity (Wildman–Crippen MR) is 68.3 cm³/mol. The van der Waals surface area contributed by atoms with Crippen molar-refractivity contribution in [3.63, 3.8) is 0 Å². The van der Waals surface area contributed by atoms with Gasteiger partial charge in [-0.05, 0) is 24.6 Å². The van der Waals surface area contributed by atoms with Crippen molar-refractivity contribution in [3.8, 4) is 0 Å². The largest absolute Gasteiger partial charge is 0.366 e. The number of aromatic nitrogens is 2. The number of hydrazine groups is 1. The number of nitrogens with two attached hydrogens (primary N) is 1. The molecule has 2 aromatic rings. The van der Waals surface area contributed by atoms with E-state index in [9.17, 15) is 8.78 Å². The van der Waals surface area contributed by atoms with E-state index in [1.165, 1.54) is 12.4 Å². The number of benzene rings is 1. The topological polar surface area (TPSA) is 75.9 Å². The van der Waals surface area contributed by atoms with Gasteiger partial charge < -0.3 is 10.7 Å². The lowest BCUT2D eigenvalue weighted by Crippen LogP contribution is -2.12. The molecule has 7 heteroatoms. The highest BCUT2D eigenvalue weighted by Gasteiger charge is 2.06. The minimum Gasteiger partial charge on any atom is -0.366 e. The van der Waals surface area contributed by atoms with Crippen molar-refractivity contribution < 1.29 is 8.78 Å². The average molecular weight is 265 g/mol. The molecule has 5 nitrogen and oxygen atoms in total. The van der Waals surface area contributed by atoms with E-state index in [-0.39, 0.29) is 0 Å². The minimum atomic E-state index is -0.872. The zero-order valence-electron chi connectivity index (χ0n) is 10.2. The Morgan fingerprint density at radius 1 is 1.16 bits per heavy atom. The monoisotopic (exact) mass is 265 g/mol. The van der Waals surface area contributed by atoms with Crippen LogP contribution < -0.4 is 16.6 Å². The summed E-state index contributed by atoms with van der Waals surface area (Å²) in [5.41, 5.74) is 3.80. The van der Waals surface area contributed by atoms with Gasteiger partial charge in [-0.25, -0.2) is 24.6 Å². The summed E-state index contributed by atoms with van der Waals surface area (Å²) in [5.74, 6) is 4.65. The first-order valence-corrected chi connectivity index (χ1v) is 5.58. The molecule has 0 spiro atoms. The molecule has 2 rings (SSSR count). The lowest BCUT2D eigenvalue weighted by atomic mass is 10.2. The standard InChI is InChI=1S/C12H13F2N5/c1-7-11(17-6-18-12(7)19-15)16-5-8-2-3-9(13)10(14)4-8/h2-4,6H,5,15H2,1H3,(H2,16,17,18,19). The maximum Gasteiger partial charge on any atom is 0.159 e. The molecule has 1 aromatic heterocycles. The number of nitrogen functional groups attached to an aromatic ring is 1. The minimum absolute atomic E-state index is 0.319. The Bertz CT molecular complexity index is 588. The normalized spacial score (nSPS) is 10.3. The average Bonchev–Trinajstić information content (AvgIpc) is 2.41. The van der Waals surface area contributed by atoms with E-state index in [2.05, 4.69) is 20.7 Å². The van der Waals surface area contributed by atoms with Crippen LogP contribution in [0.15, 0.2) is 24.5 Å². The molecule has 0 aliphatic rings. The van der Waals surface area contributed by atoms with Gasteiger partial charge in [-0.3, -0.25) is 0 Å². The maximum atomic E-state index is 13.0. The molecular weight excluding hydrogens is 252 g/mol. The van der Waals surface area contributed by atoms with Gasteiger partial charge in [0, 0.05) is 12.1 Å². The molecule has 19 heavy (non-hydrogen) atoms. The lowest BCUT2D eigenvalue weighted by molar-refractivity contribution is 0.507. The second-order valence-electron chi connectivity index (χ2n) is 3.94. The molecule has 1 aromatic carbocycles. The van der Waals surface area contributed by atoms with Crippen molar-refractivity contribution in [1.29, 1.82) is 0 Å². The van der Waals surface area contributed by atoms with Gasteiger partial charge in [-0.2, -0.15) is 0 Å². The van der Waals surface area contributed by atoms with Gasteiger partial charge >= 0.3 is 0 Å². The smallest absolute Gasteiger partial charge is 0.159 e. The van der Waals surface area contributed by atoms with E-state index in [0.29, 0.717) is 23.7 Å². The molecular formula is C12H13F2N5. The van der Waals surface area contributed by atoms with Crippen LogP contribution in [-0.2, 0) is 6.54 Å². The van der Waals surface area contributed by atoms with Crippen molar-refractivity contribution in [2.75, 3.05) is 10.7 Å². The maximum absolute atomic E-state index is 13.0. The number of hydrogen-bond donors (Lipinski definition) is 3. The Hall–Kier alpha value is -2.28. The molecule has 1 heterocycles. The van der Waals surface area contributed by atoms with Crippen molar-refractivity contribution in [1.82, 2.24) is 9.97 Å². The summed E-state index contributed by atoms with van der Waals surface area (Å²) in [5, 5.41) is 3.01. The van der Waals surface area contributed by atoms with Crippen LogP contribution in [0.4, 0.5) is 20.4 Å². The summed E-state index contributed by atoms with van der Waals surface area (Å²) >= 11 is 0. The second kappa shape index (κ2) is 5.57. The fourth-order valence-electron chi connectivity index (χ4n) is 1.61. The number of rotatable bonds is 4. The summed E-state index contributed by atoms with van der Waals surface area (Å²) in [6.07, 6.45) is 1.36. The molecule has 0 unspecified atom stereocenters. The fraction of sp³-hybridized carbons (Fsp3) is 0.167. The van der Waals surface area contributed by atoms with E-state index < -0.39 is 11.6 Å². The molecule has 0 atom stereocenters. The number of nitrogens with zero attached hydrogens (tertiary/aromatic N) is 2. The van der Waals surface area contributed by atoms with Crippen LogP contribution in [-0.4, -0.2) is 9.97 Å². The number of anilines is 2. The Labute approximate surface area is 108 Å². The van der Waals surface area contributed by atoms with Crippen LogP contribution in [0.2, 0.25) is 0 Å². The highest BCUT2D eigenvalue weighted by atomic mass is 19.2. The number of halogens is 2. The molecule has 0 saturated carbocycles. The molecule has 0 radical (unpaired) electrons. The third kappa shape index (κ3) is 2.94. The zero-order chi connectivity index (χ0) is 13.8. The van der Waals surface area contributed by atoms with E-state index in [1.54, 1.807) is 6.92 Å². The van der Waals surface area contributed by atoms with Gasteiger partial charge in [0.2, 0.25) is 0 Å². The second-order valence-corrected chi connectivity index (χ2v) is 3.94. The molecule has 0 fully saturated rings. The Morgan fingerprint density at radius 3 is 2.58 bits per heavy atom. The van der Waals surface area contributed by atoms with Crippen molar-refractivity contribution in [2.24, 2.45) is 5.84 Å². The molecule has 4 N–H and O–H groups in total. The summed E-state index contributed by atoms with van der Waals surface area (Å²) in [7, 11) is 0. The highest BCUT2D eigenvalue weighted by molar-refractivity contribution is 5.55. The van der Waals surface area contributed by atoms with Gasteiger partial charge in [0.25, 0.3) is 0 Å². The molecule has 0 aliphatic carbocycles. The fourth-order valence-corrected chi connectivity index (χ4v) is 1.61. The third-order valence-corrected chi connectivity index (χ3v) is 2.66. The van der Waals surface area contributed by atoms with Crippen LogP contribution in [0.25, 0.3) is 0 Å². The summed E-state index contributed by atoms with van der Waals surface area (Å²) in [4.78, 5) is 8.00. The third-order valence-electron chi connectivity index (χ3n) is 2.66. The summed E-state index contributed by atoms with van der Waals surface area (Å²) < 4.78 is 25.8. The SMILES string of the molecule is Cc1c(NN)ncnc1NCc1ccc(F)c(F)c1. The predicted octanol–water partition coefficient (Wildman–Crippen LogP) is 1.96. The van der Waals surface area contributed by atoms with Gasteiger partial charge in [0.15, 0.2) is 11.6 Å². The Kier molecular flexibility index (Phi) is 3.86. The molecule has 100 valence electrons. The van der Waals surface area contributed by atoms with Gasteiger partial charge in [-0.15, -0.1) is 0 Å². The van der Waals surface area contributed by atoms with Crippen LogP contribution in [0, 0.1) is 18.6 Å². The van der Waals surface area contributed by atoms with Crippen LogP contribution in [0.1, 0.15) is 11.1 Å². The zero-order valence-corrected chi connectivity index (χ0v) is 10.2. The highest BCUT2D eigenvalue weighted by Crippen LogP contribution is 2.18. The first-order valence-electron chi connectivity index (χ1n) is 5.58. The quantitative estimate of drug-likeness (QED) is 0.582. The number of nitrogens with one attached hydrogen (secondary N) is 2. The molecule has 0 saturated heterocycles. The lowest BCUT2D eigenvalue weighted by Gasteiger charge is -2.11. The van der Waals surface area contributed by atoms with Gasteiger partial charge in [0.1, 0.15) is 18.0 Å². The number of hydrogen-bond acceptors (Lipinski definition) is 5.